The van der Waals surface area contributed by atoms with Crippen LogP contribution in [0.3, 0.4) is 0 Å². The Morgan fingerprint density at radius 1 is 0.483 bits per heavy atom. The maximum atomic E-state index is 2.68. The molecule has 1 spiro atoms. The van der Waals surface area contributed by atoms with Gasteiger partial charge in [0.25, 0.3) is 0 Å². The standard InChI is InChI=1S/C57H53N/c1-55(2)28-29-56(3,4)54-49(55)17-11-19-52(54)58(45-26-24-38(25-27-45)40-21-23-41-33-39(20-22-42(41)34-40)37-12-6-5-7-13-37)51-18-10-16-48-53(51)46-14-8-9-15-47(46)57(48)44-31-36-30-43(35-44)50(57)32-36/h5-27,33-34,36,43-44,50H,28-32,35H2,1-4H3. The van der Waals surface area contributed by atoms with Crippen LogP contribution in [0.25, 0.3) is 44.2 Å². The molecule has 6 aliphatic carbocycles. The van der Waals surface area contributed by atoms with Gasteiger partial charge in [0.05, 0.1) is 11.4 Å². The number of hydrogen-bond donors (Lipinski definition) is 0. The minimum atomic E-state index is 0.0473. The Balaban J connectivity index is 1.03. The molecule has 5 atom stereocenters. The van der Waals surface area contributed by atoms with Crippen LogP contribution in [0.4, 0.5) is 17.1 Å². The fourth-order valence-electron chi connectivity index (χ4n) is 13.5. The highest BCUT2D eigenvalue weighted by molar-refractivity contribution is 5.97. The Morgan fingerprint density at radius 3 is 1.84 bits per heavy atom. The molecule has 0 aliphatic heterocycles. The normalized spacial score (nSPS) is 25.2. The highest BCUT2D eigenvalue weighted by Gasteiger charge is 2.66. The monoisotopic (exact) mass is 751 g/mol. The maximum absolute atomic E-state index is 2.68. The SMILES string of the molecule is CC1(C)CCC(C)(C)c2c(N(c3ccc(-c4ccc5cc(-c6ccccc6)ccc5c4)cc3)c3cccc4c3-c3ccccc3C43C4CC5CC(C4)C3C5)cccc21. The Morgan fingerprint density at radius 2 is 1.10 bits per heavy atom. The number of anilines is 3. The van der Waals surface area contributed by atoms with Crippen molar-refractivity contribution in [3.8, 4) is 33.4 Å². The lowest BCUT2D eigenvalue weighted by atomic mass is 9.59. The van der Waals surface area contributed by atoms with Crippen molar-refractivity contribution in [1.82, 2.24) is 0 Å². The fraction of sp³-hybridized carbons (Fsp3) is 0.298. The molecule has 4 saturated carbocycles. The average Bonchev–Trinajstić information content (AvgIpc) is 3.80. The van der Waals surface area contributed by atoms with E-state index in [4.69, 9.17) is 0 Å². The lowest BCUT2D eigenvalue weighted by Gasteiger charge is -2.45. The molecule has 6 aliphatic rings. The minimum Gasteiger partial charge on any atom is -0.310 e. The third kappa shape index (κ3) is 4.83. The molecule has 0 radical (unpaired) electrons. The third-order valence-electron chi connectivity index (χ3n) is 16.1. The first-order valence-electron chi connectivity index (χ1n) is 22.1. The molecule has 286 valence electrons. The summed E-state index contributed by atoms with van der Waals surface area (Å²) in [4.78, 5) is 2.68. The van der Waals surface area contributed by atoms with Crippen molar-refractivity contribution >= 4 is 27.8 Å². The molecule has 4 bridgehead atoms. The number of hydrogen-bond acceptors (Lipinski definition) is 1. The summed E-state index contributed by atoms with van der Waals surface area (Å²) in [5, 5.41) is 2.54. The second-order valence-corrected chi connectivity index (χ2v) is 20.0. The second-order valence-electron chi connectivity index (χ2n) is 20.0. The Kier molecular flexibility index (Phi) is 7.35. The number of rotatable bonds is 5. The molecule has 58 heavy (non-hydrogen) atoms. The van der Waals surface area contributed by atoms with Gasteiger partial charge in [-0.3, -0.25) is 0 Å². The quantitative estimate of drug-likeness (QED) is 0.169. The summed E-state index contributed by atoms with van der Waals surface area (Å²) in [6.45, 7) is 9.89. The van der Waals surface area contributed by atoms with E-state index in [0.29, 0.717) is 0 Å². The Bertz CT molecular complexity index is 2770. The first-order valence-corrected chi connectivity index (χ1v) is 22.1. The van der Waals surface area contributed by atoms with E-state index in [1.54, 1.807) is 11.1 Å². The van der Waals surface area contributed by atoms with Crippen molar-refractivity contribution in [2.45, 2.75) is 82.5 Å². The van der Waals surface area contributed by atoms with Crippen LogP contribution < -0.4 is 4.90 Å². The Labute approximate surface area is 344 Å². The van der Waals surface area contributed by atoms with E-state index < -0.39 is 0 Å². The maximum Gasteiger partial charge on any atom is 0.0543 e. The summed E-state index contributed by atoms with van der Waals surface area (Å²) in [5.74, 6) is 3.32. The van der Waals surface area contributed by atoms with Crippen molar-refractivity contribution in [3.63, 3.8) is 0 Å². The zero-order valence-electron chi connectivity index (χ0n) is 34.4. The van der Waals surface area contributed by atoms with Gasteiger partial charge in [0.1, 0.15) is 0 Å². The van der Waals surface area contributed by atoms with E-state index in [2.05, 4.69) is 184 Å². The first-order chi connectivity index (χ1) is 28.2. The van der Waals surface area contributed by atoms with Gasteiger partial charge >= 0.3 is 0 Å². The zero-order chi connectivity index (χ0) is 39.0. The molecule has 7 aromatic carbocycles. The van der Waals surface area contributed by atoms with Gasteiger partial charge < -0.3 is 4.90 Å². The molecule has 0 amide bonds. The number of benzene rings is 7. The largest absolute Gasteiger partial charge is 0.310 e. The summed E-state index contributed by atoms with van der Waals surface area (Å²) < 4.78 is 0. The van der Waals surface area contributed by atoms with Crippen LogP contribution in [-0.2, 0) is 16.2 Å². The van der Waals surface area contributed by atoms with Gasteiger partial charge in [0.15, 0.2) is 0 Å². The molecule has 1 heteroatoms. The molecule has 1 nitrogen and oxygen atoms in total. The van der Waals surface area contributed by atoms with Crippen LogP contribution >= 0.6 is 0 Å². The average molecular weight is 752 g/mol. The van der Waals surface area contributed by atoms with Gasteiger partial charge in [0, 0.05) is 16.7 Å². The lowest BCUT2D eigenvalue weighted by Crippen LogP contribution is -2.40. The van der Waals surface area contributed by atoms with Gasteiger partial charge in [-0.25, -0.2) is 0 Å². The van der Waals surface area contributed by atoms with Crippen molar-refractivity contribution in [2.24, 2.45) is 23.7 Å². The van der Waals surface area contributed by atoms with Gasteiger partial charge in [-0.05, 0) is 170 Å². The molecule has 0 aromatic heterocycles. The molecule has 13 rings (SSSR count). The van der Waals surface area contributed by atoms with Crippen molar-refractivity contribution < 1.29 is 0 Å². The van der Waals surface area contributed by atoms with E-state index in [9.17, 15) is 0 Å². The van der Waals surface area contributed by atoms with Crippen LogP contribution in [0.15, 0.2) is 152 Å². The van der Waals surface area contributed by atoms with E-state index in [1.165, 1.54) is 111 Å². The van der Waals surface area contributed by atoms with E-state index in [-0.39, 0.29) is 16.2 Å². The second kappa shape index (κ2) is 12.3. The van der Waals surface area contributed by atoms with E-state index in [1.807, 2.05) is 0 Å². The molecular formula is C57H53N. The summed E-state index contributed by atoms with van der Waals surface area (Å²) in [7, 11) is 0. The smallest absolute Gasteiger partial charge is 0.0543 e. The van der Waals surface area contributed by atoms with Crippen LogP contribution in [0.5, 0.6) is 0 Å². The lowest BCUT2D eigenvalue weighted by molar-refractivity contribution is 0.191. The van der Waals surface area contributed by atoms with Gasteiger partial charge in [-0.1, -0.05) is 143 Å². The van der Waals surface area contributed by atoms with Crippen LogP contribution in [0, 0.1) is 23.7 Å². The van der Waals surface area contributed by atoms with Gasteiger partial charge in [-0.2, -0.15) is 0 Å². The topological polar surface area (TPSA) is 3.24 Å². The number of fused-ring (bicyclic) bond motifs is 5. The zero-order valence-corrected chi connectivity index (χ0v) is 34.4. The highest BCUT2D eigenvalue weighted by atomic mass is 15.2. The first kappa shape index (κ1) is 34.6. The summed E-state index contributed by atoms with van der Waals surface area (Å²) in [6, 6.07) is 58.2. The minimum absolute atomic E-state index is 0.0473. The fourth-order valence-corrected chi connectivity index (χ4v) is 13.5. The van der Waals surface area contributed by atoms with E-state index >= 15 is 0 Å². The number of nitrogens with zero attached hydrogens (tertiary/aromatic N) is 1. The van der Waals surface area contributed by atoms with Gasteiger partial charge in [0.2, 0.25) is 0 Å². The molecule has 0 N–H and O–H groups in total. The van der Waals surface area contributed by atoms with Crippen molar-refractivity contribution in [1.29, 1.82) is 0 Å². The van der Waals surface area contributed by atoms with Crippen LogP contribution in [0.1, 0.15) is 88.5 Å². The molecule has 0 heterocycles. The predicted octanol–water partition coefficient (Wildman–Crippen LogP) is 15.3. The van der Waals surface area contributed by atoms with Crippen LogP contribution in [0.2, 0.25) is 0 Å². The molecule has 4 fully saturated rings. The summed E-state index contributed by atoms with van der Waals surface area (Å²) >= 11 is 0. The summed E-state index contributed by atoms with van der Waals surface area (Å²) in [5.41, 5.74) is 18.4. The van der Waals surface area contributed by atoms with Crippen molar-refractivity contribution in [3.05, 3.63) is 174 Å². The third-order valence-corrected chi connectivity index (χ3v) is 16.1. The predicted molar refractivity (Wildman–Crippen MR) is 243 cm³/mol. The van der Waals surface area contributed by atoms with Crippen molar-refractivity contribution in [2.75, 3.05) is 4.90 Å². The Hall–Kier alpha value is -5.40. The van der Waals surface area contributed by atoms with Crippen LogP contribution in [-0.4, -0.2) is 0 Å². The molecule has 5 unspecified atom stereocenters. The van der Waals surface area contributed by atoms with E-state index in [0.717, 1.165) is 23.7 Å². The highest BCUT2D eigenvalue weighted by Crippen LogP contribution is 2.73. The molecule has 7 aromatic rings. The summed E-state index contributed by atoms with van der Waals surface area (Å²) in [6.07, 6.45) is 8.04. The molecule has 0 saturated heterocycles. The van der Waals surface area contributed by atoms with Gasteiger partial charge in [-0.15, -0.1) is 0 Å². The molecular weight excluding hydrogens is 699 g/mol.